The van der Waals surface area contributed by atoms with Crippen molar-refractivity contribution in [3.63, 3.8) is 0 Å². The van der Waals surface area contributed by atoms with Gasteiger partial charge in [-0.3, -0.25) is 10.00 Å². The van der Waals surface area contributed by atoms with Crippen LogP contribution in [0.4, 0.5) is 4.39 Å². The maximum absolute atomic E-state index is 13.0. The molecule has 0 saturated carbocycles. The molecule has 3 rings (SSSR count). The molecule has 5 heteroatoms. The Morgan fingerprint density at radius 2 is 2.11 bits per heavy atom. The highest BCUT2D eigenvalue weighted by Crippen LogP contribution is 2.33. The number of aromatic amines is 1. The maximum atomic E-state index is 13.0. The van der Waals surface area contributed by atoms with E-state index < -0.39 is 0 Å². The van der Waals surface area contributed by atoms with Crippen LogP contribution in [-0.4, -0.2) is 32.9 Å². The van der Waals surface area contributed by atoms with Gasteiger partial charge >= 0.3 is 0 Å². The summed E-state index contributed by atoms with van der Waals surface area (Å²) in [6.45, 7) is 1.33. The fraction of sp³-hybridized carbons (Fsp3) is 0.357. The molecular weight excluding hydrogens is 245 g/mol. The summed E-state index contributed by atoms with van der Waals surface area (Å²) in [6.07, 6.45) is 2.06. The van der Waals surface area contributed by atoms with E-state index in [1.165, 1.54) is 12.1 Å². The van der Waals surface area contributed by atoms with Crippen LogP contribution in [-0.2, 0) is 6.54 Å². The molecule has 0 amide bonds. The van der Waals surface area contributed by atoms with E-state index in [0.29, 0.717) is 19.5 Å². The molecule has 1 fully saturated rings. The van der Waals surface area contributed by atoms with Gasteiger partial charge in [-0.05, 0) is 30.2 Å². The van der Waals surface area contributed by atoms with Crippen LogP contribution in [0.25, 0.3) is 0 Å². The molecular formula is C14H16FN3O. The van der Waals surface area contributed by atoms with Gasteiger partial charge in [0.15, 0.2) is 0 Å². The third-order valence-corrected chi connectivity index (χ3v) is 3.57. The second-order valence-electron chi connectivity index (χ2n) is 4.97. The Morgan fingerprint density at radius 1 is 1.32 bits per heavy atom. The number of benzene rings is 1. The Kier molecular flexibility index (Phi) is 3.31. The monoisotopic (exact) mass is 261 g/mol. The number of nitrogens with zero attached hydrogens (tertiary/aromatic N) is 2. The minimum absolute atomic E-state index is 0.124. The lowest BCUT2D eigenvalue weighted by Gasteiger charge is -2.23. The lowest BCUT2D eigenvalue weighted by Crippen LogP contribution is -2.24. The number of hydrogen-bond donors (Lipinski definition) is 2. The Bertz CT molecular complexity index is 526. The molecule has 0 bridgehead atoms. The predicted octanol–water partition coefficient (Wildman–Crippen LogP) is 1.86. The summed E-state index contributed by atoms with van der Waals surface area (Å²) >= 11 is 0. The molecule has 2 aromatic rings. The third kappa shape index (κ3) is 2.67. The van der Waals surface area contributed by atoms with Gasteiger partial charge in [-0.2, -0.15) is 5.10 Å². The quantitative estimate of drug-likeness (QED) is 0.886. The molecule has 1 aromatic carbocycles. The fourth-order valence-corrected chi connectivity index (χ4v) is 2.68. The van der Waals surface area contributed by atoms with E-state index in [0.717, 1.165) is 11.3 Å². The molecule has 1 aliphatic rings. The molecule has 1 aliphatic heterocycles. The van der Waals surface area contributed by atoms with Crippen molar-refractivity contribution in [2.75, 3.05) is 6.54 Å². The Labute approximate surface area is 110 Å². The fourth-order valence-electron chi connectivity index (χ4n) is 2.68. The van der Waals surface area contributed by atoms with E-state index >= 15 is 0 Å². The minimum Gasteiger partial charge on any atom is -0.392 e. The molecule has 2 heterocycles. The number of hydrogen-bond acceptors (Lipinski definition) is 3. The van der Waals surface area contributed by atoms with Crippen LogP contribution >= 0.6 is 0 Å². The van der Waals surface area contributed by atoms with Crippen molar-refractivity contribution in [2.45, 2.75) is 25.1 Å². The first-order chi connectivity index (χ1) is 9.22. The topological polar surface area (TPSA) is 52.1 Å². The van der Waals surface area contributed by atoms with Crippen LogP contribution in [0.5, 0.6) is 0 Å². The maximum Gasteiger partial charge on any atom is 0.123 e. The van der Waals surface area contributed by atoms with Gasteiger partial charge in [0.25, 0.3) is 0 Å². The van der Waals surface area contributed by atoms with Crippen molar-refractivity contribution in [1.82, 2.24) is 15.1 Å². The van der Waals surface area contributed by atoms with E-state index in [-0.39, 0.29) is 18.0 Å². The highest BCUT2D eigenvalue weighted by Gasteiger charge is 2.32. The number of β-amino-alcohol motifs (C(OH)–C–C–N with tert-alkyl or cyclic N) is 1. The molecule has 2 atom stereocenters. The summed E-state index contributed by atoms with van der Waals surface area (Å²) in [5.74, 6) is -0.234. The van der Waals surface area contributed by atoms with Crippen LogP contribution in [0.15, 0.2) is 36.5 Å². The first kappa shape index (κ1) is 12.3. The van der Waals surface area contributed by atoms with E-state index in [1.54, 1.807) is 18.3 Å². The molecule has 1 aromatic heterocycles. The number of aliphatic hydroxyl groups is 1. The standard InChI is InChI=1S/C14H16FN3O/c15-11-3-1-10(2-4-11)14-7-13(19)9-18(14)8-12-5-6-16-17-12/h1-6,13-14,19H,7-9H2,(H,16,17)/t13-,14+/m0/s1. The average Bonchev–Trinajstić information content (AvgIpc) is 3.01. The number of likely N-dealkylation sites (tertiary alicyclic amines) is 1. The predicted molar refractivity (Wildman–Crippen MR) is 68.8 cm³/mol. The van der Waals surface area contributed by atoms with Crippen molar-refractivity contribution in [3.8, 4) is 0 Å². The minimum atomic E-state index is -0.335. The smallest absolute Gasteiger partial charge is 0.123 e. The zero-order valence-electron chi connectivity index (χ0n) is 10.5. The Balaban J connectivity index is 1.80. The number of halogens is 1. The number of H-pyrrole nitrogens is 1. The van der Waals surface area contributed by atoms with E-state index in [2.05, 4.69) is 15.1 Å². The Morgan fingerprint density at radius 3 is 2.79 bits per heavy atom. The molecule has 0 spiro atoms. The first-order valence-corrected chi connectivity index (χ1v) is 6.38. The molecule has 0 aliphatic carbocycles. The lowest BCUT2D eigenvalue weighted by molar-refractivity contribution is 0.172. The molecule has 0 unspecified atom stereocenters. The molecule has 2 N–H and O–H groups in total. The van der Waals surface area contributed by atoms with Gasteiger partial charge in [0.1, 0.15) is 5.82 Å². The lowest BCUT2D eigenvalue weighted by atomic mass is 10.0. The van der Waals surface area contributed by atoms with Gasteiger partial charge in [-0.1, -0.05) is 12.1 Å². The summed E-state index contributed by atoms with van der Waals surface area (Å²) in [5.41, 5.74) is 2.05. The van der Waals surface area contributed by atoms with E-state index in [4.69, 9.17) is 0 Å². The highest BCUT2D eigenvalue weighted by atomic mass is 19.1. The zero-order chi connectivity index (χ0) is 13.2. The van der Waals surface area contributed by atoms with E-state index in [9.17, 15) is 9.50 Å². The second-order valence-corrected chi connectivity index (χ2v) is 4.97. The van der Waals surface area contributed by atoms with Crippen molar-refractivity contribution in [1.29, 1.82) is 0 Å². The van der Waals surface area contributed by atoms with Crippen LogP contribution in [0, 0.1) is 5.82 Å². The molecule has 100 valence electrons. The van der Waals surface area contributed by atoms with Crippen LogP contribution in [0.3, 0.4) is 0 Å². The number of aliphatic hydroxyl groups excluding tert-OH is 1. The highest BCUT2D eigenvalue weighted by molar-refractivity contribution is 5.21. The summed E-state index contributed by atoms with van der Waals surface area (Å²) in [4.78, 5) is 2.19. The average molecular weight is 261 g/mol. The van der Waals surface area contributed by atoms with Crippen molar-refractivity contribution < 1.29 is 9.50 Å². The number of rotatable bonds is 3. The molecule has 19 heavy (non-hydrogen) atoms. The van der Waals surface area contributed by atoms with Gasteiger partial charge in [0.2, 0.25) is 0 Å². The van der Waals surface area contributed by atoms with Crippen LogP contribution < -0.4 is 0 Å². The first-order valence-electron chi connectivity index (χ1n) is 6.38. The van der Waals surface area contributed by atoms with E-state index in [1.807, 2.05) is 6.07 Å². The van der Waals surface area contributed by atoms with Gasteiger partial charge in [0.05, 0.1) is 6.10 Å². The summed E-state index contributed by atoms with van der Waals surface area (Å²) < 4.78 is 13.0. The molecule has 4 nitrogen and oxygen atoms in total. The van der Waals surface area contributed by atoms with Crippen LogP contribution in [0.2, 0.25) is 0 Å². The van der Waals surface area contributed by atoms with Gasteiger partial charge in [0, 0.05) is 31.0 Å². The normalized spacial score (nSPS) is 23.9. The van der Waals surface area contributed by atoms with Crippen LogP contribution in [0.1, 0.15) is 23.7 Å². The third-order valence-electron chi connectivity index (χ3n) is 3.57. The van der Waals surface area contributed by atoms with Gasteiger partial charge in [-0.15, -0.1) is 0 Å². The SMILES string of the molecule is O[C@H]1C[C@H](c2ccc(F)cc2)N(Cc2ccn[nH]2)C1. The van der Waals surface area contributed by atoms with Crippen molar-refractivity contribution in [3.05, 3.63) is 53.6 Å². The summed E-state index contributed by atoms with van der Waals surface area (Å²) in [7, 11) is 0. The number of nitrogens with one attached hydrogen (secondary N) is 1. The van der Waals surface area contributed by atoms with Gasteiger partial charge in [-0.25, -0.2) is 4.39 Å². The van der Waals surface area contributed by atoms with Crippen molar-refractivity contribution in [2.24, 2.45) is 0 Å². The summed E-state index contributed by atoms with van der Waals surface area (Å²) in [5, 5.41) is 16.7. The molecule has 0 radical (unpaired) electrons. The Hall–Kier alpha value is -1.72. The summed E-state index contributed by atoms with van der Waals surface area (Å²) in [6, 6.07) is 8.56. The second kappa shape index (κ2) is 5.11. The largest absolute Gasteiger partial charge is 0.392 e. The molecule has 1 saturated heterocycles. The number of aromatic nitrogens is 2. The van der Waals surface area contributed by atoms with Gasteiger partial charge < -0.3 is 5.11 Å². The van der Waals surface area contributed by atoms with Crippen molar-refractivity contribution >= 4 is 0 Å². The zero-order valence-corrected chi connectivity index (χ0v) is 10.5.